The summed E-state index contributed by atoms with van der Waals surface area (Å²) in [7, 11) is 0. The monoisotopic (exact) mass is 240 g/mol. The lowest BCUT2D eigenvalue weighted by molar-refractivity contribution is -0.384. The van der Waals surface area contributed by atoms with Gasteiger partial charge in [-0.3, -0.25) is 10.1 Å². The Bertz CT molecular complexity index is 615. The van der Waals surface area contributed by atoms with E-state index in [9.17, 15) is 10.1 Å². The van der Waals surface area contributed by atoms with E-state index in [4.69, 9.17) is 10.00 Å². The highest BCUT2D eigenvalue weighted by Gasteiger charge is 2.05. The zero-order chi connectivity index (χ0) is 13.0. The number of ether oxygens (including phenoxy) is 1. The summed E-state index contributed by atoms with van der Waals surface area (Å²) in [4.78, 5) is 10.0. The molecule has 0 atom stereocenters. The maximum atomic E-state index is 10.5. The smallest absolute Gasteiger partial charge is 0.269 e. The van der Waals surface area contributed by atoms with Crippen LogP contribution in [0.15, 0.2) is 48.5 Å². The normalized spacial score (nSPS) is 9.50. The third kappa shape index (κ3) is 2.62. The van der Waals surface area contributed by atoms with E-state index in [1.54, 1.807) is 24.3 Å². The molecule has 5 nitrogen and oxygen atoms in total. The van der Waals surface area contributed by atoms with Gasteiger partial charge in [0, 0.05) is 12.1 Å². The number of nitriles is 1. The fourth-order valence-electron chi connectivity index (χ4n) is 1.40. The summed E-state index contributed by atoms with van der Waals surface area (Å²) in [6.07, 6.45) is 0. The fourth-order valence-corrected chi connectivity index (χ4v) is 1.40. The number of rotatable bonds is 3. The largest absolute Gasteiger partial charge is 0.457 e. The van der Waals surface area contributed by atoms with E-state index in [0.29, 0.717) is 17.1 Å². The van der Waals surface area contributed by atoms with Crippen molar-refractivity contribution < 1.29 is 9.66 Å². The summed E-state index contributed by atoms with van der Waals surface area (Å²) >= 11 is 0. The van der Waals surface area contributed by atoms with Crippen LogP contribution >= 0.6 is 0 Å². The van der Waals surface area contributed by atoms with Crippen LogP contribution < -0.4 is 4.74 Å². The first-order valence-electron chi connectivity index (χ1n) is 5.11. The maximum Gasteiger partial charge on any atom is 0.269 e. The zero-order valence-electron chi connectivity index (χ0n) is 9.24. The van der Waals surface area contributed by atoms with Gasteiger partial charge in [-0.05, 0) is 30.3 Å². The molecule has 0 amide bonds. The summed E-state index contributed by atoms with van der Waals surface area (Å²) in [6, 6.07) is 14.4. The fraction of sp³-hybridized carbons (Fsp3) is 0. The minimum Gasteiger partial charge on any atom is -0.457 e. The zero-order valence-corrected chi connectivity index (χ0v) is 9.24. The van der Waals surface area contributed by atoms with Crippen molar-refractivity contribution in [2.45, 2.75) is 0 Å². The number of hydrogen-bond donors (Lipinski definition) is 0. The molecule has 0 fully saturated rings. The number of non-ortho nitro benzene ring substituents is 1. The van der Waals surface area contributed by atoms with Crippen molar-refractivity contribution in [1.82, 2.24) is 0 Å². The van der Waals surface area contributed by atoms with Crippen LogP contribution in [0.4, 0.5) is 5.69 Å². The second-order valence-electron chi connectivity index (χ2n) is 3.49. The molecule has 0 aliphatic rings. The van der Waals surface area contributed by atoms with E-state index in [1.165, 1.54) is 24.3 Å². The molecule has 0 unspecified atom stereocenters. The highest BCUT2D eigenvalue weighted by Crippen LogP contribution is 2.24. The van der Waals surface area contributed by atoms with Crippen LogP contribution in [0.2, 0.25) is 0 Å². The molecule has 2 aromatic carbocycles. The van der Waals surface area contributed by atoms with Crippen LogP contribution in [0, 0.1) is 21.4 Å². The number of nitro benzene ring substituents is 1. The Kier molecular flexibility index (Phi) is 3.21. The molecule has 2 aromatic rings. The number of nitro groups is 1. The Morgan fingerprint density at radius 3 is 2.44 bits per heavy atom. The summed E-state index contributed by atoms with van der Waals surface area (Å²) in [5, 5.41) is 19.2. The first-order chi connectivity index (χ1) is 8.69. The highest BCUT2D eigenvalue weighted by molar-refractivity contribution is 5.41. The van der Waals surface area contributed by atoms with Crippen molar-refractivity contribution >= 4 is 5.69 Å². The van der Waals surface area contributed by atoms with Gasteiger partial charge in [0.1, 0.15) is 11.5 Å². The van der Waals surface area contributed by atoms with Gasteiger partial charge in [0.05, 0.1) is 16.6 Å². The topological polar surface area (TPSA) is 76.2 Å². The third-order valence-electron chi connectivity index (χ3n) is 2.25. The van der Waals surface area contributed by atoms with E-state index in [-0.39, 0.29) is 5.69 Å². The quantitative estimate of drug-likeness (QED) is 0.609. The first kappa shape index (κ1) is 11.6. The Labute approximate surface area is 103 Å². The molecular formula is C13H8N2O3. The molecule has 0 spiro atoms. The minimum atomic E-state index is -0.472. The van der Waals surface area contributed by atoms with Gasteiger partial charge in [0.15, 0.2) is 0 Å². The number of nitrogens with zero attached hydrogens (tertiary/aromatic N) is 2. The van der Waals surface area contributed by atoms with E-state index in [1.807, 2.05) is 6.07 Å². The average Bonchev–Trinajstić information content (AvgIpc) is 2.39. The van der Waals surface area contributed by atoms with Gasteiger partial charge in [-0.1, -0.05) is 6.07 Å². The van der Waals surface area contributed by atoms with Crippen LogP contribution in [0.25, 0.3) is 0 Å². The average molecular weight is 240 g/mol. The van der Waals surface area contributed by atoms with Crippen LogP contribution in [0.3, 0.4) is 0 Å². The first-order valence-corrected chi connectivity index (χ1v) is 5.11. The van der Waals surface area contributed by atoms with Crippen molar-refractivity contribution in [3.05, 3.63) is 64.2 Å². The van der Waals surface area contributed by atoms with Crippen LogP contribution in [0.5, 0.6) is 11.5 Å². The van der Waals surface area contributed by atoms with Gasteiger partial charge in [0.2, 0.25) is 0 Å². The molecule has 0 bridgehead atoms. The van der Waals surface area contributed by atoms with E-state index < -0.39 is 4.92 Å². The summed E-state index contributed by atoms with van der Waals surface area (Å²) in [5.74, 6) is 0.999. The predicted octanol–water partition coefficient (Wildman–Crippen LogP) is 3.26. The molecule has 0 radical (unpaired) electrons. The summed E-state index contributed by atoms with van der Waals surface area (Å²) < 4.78 is 5.48. The Morgan fingerprint density at radius 2 is 1.83 bits per heavy atom. The molecule has 2 rings (SSSR count). The van der Waals surface area contributed by atoms with Crippen molar-refractivity contribution in [3.63, 3.8) is 0 Å². The second-order valence-corrected chi connectivity index (χ2v) is 3.49. The molecule has 0 aromatic heterocycles. The molecule has 0 aliphatic heterocycles. The van der Waals surface area contributed by atoms with E-state index >= 15 is 0 Å². The molecule has 0 heterocycles. The molecule has 0 saturated heterocycles. The molecule has 18 heavy (non-hydrogen) atoms. The Hall–Kier alpha value is -2.87. The van der Waals surface area contributed by atoms with Crippen molar-refractivity contribution in [3.8, 4) is 17.6 Å². The van der Waals surface area contributed by atoms with Gasteiger partial charge in [-0.25, -0.2) is 0 Å². The van der Waals surface area contributed by atoms with Crippen LogP contribution in [0.1, 0.15) is 5.56 Å². The van der Waals surface area contributed by atoms with Gasteiger partial charge < -0.3 is 4.74 Å². The molecule has 5 heteroatoms. The standard InChI is InChI=1S/C13H8N2O3/c14-9-10-2-1-3-13(8-10)18-12-6-4-11(5-7-12)15(16)17/h1-8H. The number of benzene rings is 2. The second kappa shape index (κ2) is 4.97. The van der Waals surface area contributed by atoms with Crippen molar-refractivity contribution in [2.75, 3.05) is 0 Å². The lowest BCUT2D eigenvalue weighted by Crippen LogP contribution is -1.88. The van der Waals surface area contributed by atoms with Crippen LogP contribution in [-0.2, 0) is 0 Å². The van der Waals surface area contributed by atoms with Crippen molar-refractivity contribution in [2.24, 2.45) is 0 Å². The van der Waals surface area contributed by atoms with Crippen molar-refractivity contribution in [1.29, 1.82) is 5.26 Å². The molecule has 88 valence electrons. The van der Waals surface area contributed by atoms with E-state index in [2.05, 4.69) is 0 Å². The molecule has 0 aliphatic carbocycles. The summed E-state index contributed by atoms with van der Waals surface area (Å²) in [5.41, 5.74) is 0.502. The minimum absolute atomic E-state index is 0.00752. The molecular weight excluding hydrogens is 232 g/mol. The van der Waals surface area contributed by atoms with E-state index in [0.717, 1.165) is 0 Å². The predicted molar refractivity (Wildman–Crippen MR) is 64.3 cm³/mol. The highest BCUT2D eigenvalue weighted by atomic mass is 16.6. The molecule has 0 N–H and O–H groups in total. The Morgan fingerprint density at radius 1 is 1.11 bits per heavy atom. The SMILES string of the molecule is N#Cc1cccc(Oc2ccc([N+](=O)[O-])cc2)c1. The molecule has 0 saturated carbocycles. The maximum absolute atomic E-state index is 10.5. The van der Waals surface area contributed by atoms with Gasteiger partial charge in [0.25, 0.3) is 5.69 Å². The third-order valence-corrected chi connectivity index (χ3v) is 2.25. The lowest BCUT2D eigenvalue weighted by Gasteiger charge is -2.05. The van der Waals surface area contributed by atoms with Gasteiger partial charge in [-0.2, -0.15) is 5.26 Å². The lowest BCUT2D eigenvalue weighted by atomic mass is 10.2. The van der Waals surface area contributed by atoms with Crippen LogP contribution in [-0.4, -0.2) is 4.92 Å². The number of hydrogen-bond acceptors (Lipinski definition) is 4. The van der Waals surface area contributed by atoms with Gasteiger partial charge in [-0.15, -0.1) is 0 Å². The Balaban J connectivity index is 2.18. The van der Waals surface area contributed by atoms with Gasteiger partial charge >= 0.3 is 0 Å². The summed E-state index contributed by atoms with van der Waals surface area (Å²) in [6.45, 7) is 0.